The third kappa shape index (κ3) is 2.61. The summed E-state index contributed by atoms with van der Waals surface area (Å²) in [6.07, 6.45) is 2.09. The maximum Gasteiger partial charge on any atom is 0.161 e. The van der Waals surface area contributed by atoms with Crippen LogP contribution in [-0.4, -0.2) is 14.2 Å². The van der Waals surface area contributed by atoms with Crippen molar-refractivity contribution in [1.29, 1.82) is 0 Å². The molecule has 2 aromatic carbocycles. The summed E-state index contributed by atoms with van der Waals surface area (Å²) in [6, 6.07) is 14.6. The zero-order chi connectivity index (χ0) is 14.8. The predicted octanol–water partition coefficient (Wildman–Crippen LogP) is 3.12. The topological polar surface area (TPSA) is 44.5 Å². The van der Waals surface area contributed by atoms with Gasteiger partial charge in [-0.15, -0.1) is 0 Å². The van der Waals surface area contributed by atoms with Crippen LogP contribution < -0.4 is 15.2 Å². The number of fused-ring (bicyclic) bond motifs is 1. The van der Waals surface area contributed by atoms with Gasteiger partial charge in [0.25, 0.3) is 0 Å². The molecule has 3 heteroatoms. The van der Waals surface area contributed by atoms with Crippen LogP contribution in [0.3, 0.4) is 0 Å². The monoisotopic (exact) mass is 283 g/mol. The molecule has 0 saturated carbocycles. The molecule has 110 valence electrons. The Morgan fingerprint density at radius 2 is 1.57 bits per heavy atom. The van der Waals surface area contributed by atoms with E-state index in [1.54, 1.807) is 14.2 Å². The molecule has 0 bridgehead atoms. The van der Waals surface area contributed by atoms with Gasteiger partial charge in [0.15, 0.2) is 11.5 Å². The SMILES string of the molecule is COc1ccc(C(N)C2Cc3ccccc3C2)cc1OC. The standard InChI is InChI=1S/C18H21NO2/c1-20-16-8-7-14(11-17(16)21-2)18(19)15-9-12-5-3-4-6-13(12)10-15/h3-8,11,15,18H,9-10,19H2,1-2H3. The molecular formula is C18H21NO2. The number of ether oxygens (including phenoxy) is 2. The van der Waals surface area contributed by atoms with E-state index in [0.29, 0.717) is 5.92 Å². The fourth-order valence-corrected chi connectivity index (χ4v) is 3.18. The van der Waals surface area contributed by atoms with Gasteiger partial charge in [-0.25, -0.2) is 0 Å². The Morgan fingerprint density at radius 1 is 0.952 bits per heavy atom. The van der Waals surface area contributed by atoms with Crippen molar-refractivity contribution in [2.45, 2.75) is 18.9 Å². The maximum absolute atomic E-state index is 6.50. The van der Waals surface area contributed by atoms with Gasteiger partial charge in [0.05, 0.1) is 14.2 Å². The van der Waals surface area contributed by atoms with E-state index in [1.165, 1.54) is 11.1 Å². The highest BCUT2D eigenvalue weighted by Gasteiger charge is 2.27. The lowest BCUT2D eigenvalue weighted by Gasteiger charge is -2.20. The Labute approximate surface area is 125 Å². The van der Waals surface area contributed by atoms with E-state index in [1.807, 2.05) is 18.2 Å². The zero-order valence-corrected chi connectivity index (χ0v) is 12.5. The third-order valence-corrected chi connectivity index (χ3v) is 4.38. The number of nitrogens with two attached hydrogens (primary N) is 1. The first-order chi connectivity index (χ1) is 10.2. The van der Waals surface area contributed by atoms with Crippen LogP contribution >= 0.6 is 0 Å². The quantitative estimate of drug-likeness (QED) is 0.937. The molecular weight excluding hydrogens is 262 g/mol. The molecule has 2 aromatic rings. The molecule has 0 fully saturated rings. The highest BCUT2D eigenvalue weighted by molar-refractivity contribution is 5.44. The molecule has 3 rings (SSSR count). The van der Waals surface area contributed by atoms with E-state index in [2.05, 4.69) is 24.3 Å². The van der Waals surface area contributed by atoms with Gasteiger partial charge in [-0.2, -0.15) is 0 Å². The first-order valence-corrected chi connectivity index (χ1v) is 7.27. The van der Waals surface area contributed by atoms with Crippen LogP contribution in [-0.2, 0) is 12.8 Å². The summed E-state index contributed by atoms with van der Waals surface area (Å²) in [6.45, 7) is 0. The third-order valence-electron chi connectivity index (χ3n) is 4.38. The van der Waals surface area contributed by atoms with Crippen LogP contribution in [0.5, 0.6) is 11.5 Å². The molecule has 3 nitrogen and oxygen atoms in total. The summed E-state index contributed by atoms with van der Waals surface area (Å²) < 4.78 is 10.7. The van der Waals surface area contributed by atoms with Crippen molar-refractivity contribution >= 4 is 0 Å². The second kappa shape index (κ2) is 5.78. The minimum atomic E-state index is 0.0113. The number of rotatable bonds is 4. The second-order valence-corrected chi connectivity index (χ2v) is 5.58. The lowest BCUT2D eigenvalue weighted by atomic mass is 9.91. The van der Waals surface area contributed by atoms with Crippen LogP contribution in [0.2, 0.25) is 0 Å². The molecule has 0 saturated heterocycles. The van der Waals surface area contributed by atoms with Crippen molar-refractivity contribution in [3.8, 4) is 11.5 Å². The number of hydrogen-bond acceptors (Lipinski definition) is 3. The summed E-state index contributed by atoms with van der Waals surface area (Å²) in [5.74, 6) is 1.92. The Kier molecular flexibility index (Phi) is 3.84. The smallest absolute Gasteiger partial charge is 0.161 e. The van der Waals surface area contributed by atoms with Crippen LogP contribution in [0.25, 0.3) is 0 Å². The number of hydrogen-bond donors (Lipinski definition) is 1. The average molecular weight is 283 g/mol. The van der Waals surface area contributed by atoms with E-state index in [-0.39, 0.29) is 6.04 Å². The average Bonchev–Trinajstić information content (AvgIpc) is 2.97. The van der Waals surface area contributed by atoms with Gasteiger partial charge >= 0.3 is 0 Å². The van der Waals surface area contributed by atoms with Crippen LogP contribution in [0, 0.1) is 5.92 Å². The summed E-state index contributed by atoms with van der Waals surface area (Å²) >= 11 is 0. The van der Waals surface area contributed by atoms with Crippen LogP contribution in [0.1, 0.15) is 22.7 Å². The highest BCUT2D eigenvalue weighted by atomic mass is 16.5. The van der Waals surface area contributed by atoms with Crippen molar-refractivity contribution in [2.24, 2.45) is 11.7 Å². The minimum Gasteiger partial charge on any atom is -0.493 e. The van der Waals surface area contributed by atoms with E-state index >= 15 is 0 Å². The minimum absolute atomic E-state index is 0.0113. The van der Waals surface area contributed by atoms with Gasteiger partial charge < -0.3 is 15.2 Å². The van der Waals surface area contributed by atoms with E-state index < -0.39 is 0 Å². The molecule has 0 radical (unpaired) electrons. The van der Waals surface area contributed by atoms with E-state index in [4.69, 9.17) is 15.2 Å². The molecule has 1 aliphatic carbocycles. The first kappa shape index (κ1) is 14.0. The van der Waals surface area contributed by atoms with Crippen molar-refractivity contribution in [1.82, 2.24) is 0 Å². The normalized spacial score (nSPS) is 15.6. The Hall–Kier alpha value is -2.00. The van der Waals surface area contributed by atoms with Crippen LogP contribution in [0.4, 0.5) is 0 Å². The molecule has 0 amide bonds. The fraction of sp³-hybridized carbons (Fsp3) is 0.333. The van der Waals surface area contributed by atoms with Crippen LogP contribution in [0.15, 0.2) is 42.5 Å². The van der Waals surface area contributed by atoms with Gasteiger partial charge in [-0.05, 0) is 47.6 Å². The van der Waals surface area contributed by atoms with Gasteiger partial charge in [0.2, 0.25) is 0 Å². The number of methoxy groups -OCH3 is 2. The summed E-state index contributed by atoms with van der Waals surface area (Å²) in [4.78, 5) is 0. The summed E-state index contributed by atoms with van der Waals surface area (Å²) in [5.41, 5.74) is 10.5. The van der Waals surface area contributed by atoms with Gasteiger partial charge in [-0.3, -0.25) is 0 Å². The molecule has 1 atom stereocenters. The van der Waals surface area contributed by atoms with Crippen molar-refractivity contribution in [3.05, 3.63) is 59.2 Å². The first-order valence-electron chi connectivity index (χ1n) is 7.27. The molecule has 21 heavy (non-hydrogen) atoms. The van der Waals surface area contributed by atoms with Crippen molar-refractivity contribution in [2.75, 3.05) is 14.2 Å². The Bertz CT molecular complexity index is 614. The highest BCUT2D eigenvalue weighted by Crippen LogP contribution is 2.36. The maximum atomic E-state index is 6.50. The predicted molar refractivity (Wildman–Crippen MR) is 83.8 cm³/mol. The zero-order valence-electron chi connectivity index (χ0n) is 12.5. The molecule has 0 aliphatic heterocycles. The lowest BCUT2D eigenvalue weighted by molar-refractivity contribution is 0.353. The second-order valence-electron chi connectivity index (χ2n) is 5.58. The van der Waals surface area contributed by atoms with Gasteiger partial charge in [0.1, 0.15) is 0 Å². The van der Waals surface area contributed by atoms with E-state index in [9.17, 15) is 0 Å². The Morgan fingerprint density at radius 3 is 2.14 bits per heavy atom. The molecule has 1 unspecified atom stereocenters. The van der Waals surface area contributed by atoms with Gasteiger partial charge in [0, 0.05) is 6.04 Å². The Balaban J connectivity index is 1.82. The summed E-state index contributed by atoms with van der Waals surface area (Å²) in [7, 11) is 3.30. The van der Waals surface area contributed by atoms with Gasteiger partial charge in [-0.1, -0.05) is 30.3 Å². The fourth-order valence-electron chi connectivity index (χ4n) is 3.18. The number of benzene rings is 2. The molecule has 0 heterocycles. The van der Waals surface area contributed by atoms with E-state index in [0.717, 1.165) is 29.9 Å². The molecule has 1 aliphatic rings. The molecule has 0 spiro atoms. The molecule has 2 N–H and O–H groups in total. The van der Waals surface area contributed by atoms with Crippen molar-refractivity contribution < 1.29 is 9.47 Å². The largest absolute Gasteiger partial charge is 0.493 e. The van der Waals surface area contributed by atoms with Crippen molar-refractivity contribution in [3.63, 3.8) is 0 Å². The lowest BCUT2D eigenvalue weighted by Crippen LogP contribution is -2.21. The summed E-state index contributed by atoms with van der Waals surface area (Å²) in [5, 5.41) is 0. The molecule has 0 aromatic heterocycles.